The molecule has 0 aliphatic carbocycles. The normalized spacial score (nSPS) is 13.2. The van der Waals surface area contributed by atoms with Gasteiger partial charge in [0, 0.05) is 62.6 Å². The molecule has 0 radical (unpaired) electrons. The first-order valence-electron chi connectivity index (χ1n) is 26.0. The Balaban J connectivity index is 1.10. The molecule has 12 aromatic rings. The number of nitrogens with zero attached hydrogens (tertiary/aromatic N) is 3. The van der Waals surface area contributed by atoms with Crippen molar-refractivity contribution in [2.45, 2.75) is 50.1 Å². The third-order valence-electron chi connectivity index (χ3n) is 15.8. The highest BCUT2D eigenvalue weighted by Gasteiger charge is 2.41. The van der Waals surface area contributed by atoms with Gasteiger partial charge in [0.2, 0.25) is 6.71 Å². The van der Waals surface area contributed by atoms with Gasteiger partial charge in [-0.05, 0) is 126 Å². The summed E-state index contributed by atoms with van der Waals surface area (Å²) in [7, 11) is 0. The van der Waals surface area contributed by atoms with E-state index in [2.05, 4.69) is 272 Å². The minimum atomic E-state index is -0.213. The van der Waals surface area contributed by atoms with Gasteiger partial charge in [-0.15, -0.1) is 0 Å². The van der Waals surface area contributed by atoms with Crippen LogP contribution in [-0.4, -0.2) is 6.71 Å². The smallest absolute Gasteiger partial charge is 0.244 e. The number of para-hydroxylation sites is 6. The third-order valence-corrected chi connectivity index (χ3v) is 19.6. The highest BCUT2D eigenvalue weighted by atomic mass is 32.2. The fraction of sp³-hybridized carbons (Fsp3) is 0.0435. The van der Waals surface area contributed by atoms with Crippen LogP contribution in [0.3, 0.4) is 0 Å². The van der Waals surface area contributed by atoms with Crippen LogP contribution in [0.25, 0.3) is 32.3 Å². The Labute approximate surface area is 456 Å². The SMILES string of the molecule is Cc1c2c(c3ccccc3c1B(c1c(C)c3c(c4ccccc14)N(c1ccccc1)c1ccccc1S3)c1c(C)c3c(c4ccccc14)N(c1ccccc1)c1ccccc1S3)N(c1ccccc1)c1ccccc1S2. The van der Waals surface area contributed by atoms with Crippen LogP contribution in [-0.2, 0) is 0 Å². The summed E-state index contributed by atoms with van der Waals surface area (Å²) in [5.74, 6) is 0. The van der Waals surface area contributed by atoms with E-state index in [9.17, 15) is 0 Å². The topological polar surface area (TPSA) is 9.72 Å². The first kappa shape index (κ1) is 45.3. The van der Waals surface area contributed by atoms with Crippen LogP contribution in [0.15, 0.2) is 266 Å². The van der Waals surface area contributed by atoms with E-state index >= 15 is 0 Å². The van der Waals surface area contributed by atoms with Crippen molar-refractivity contribution in [3.05, 3.63) is 253 Å². The molecular formula is C69H48BN3S3. The molecular weight excluding hydrogens is 978 g/mol. The zero-order chi connectivity index (χ0) is 50.6. The fourth-order valence-corrected chi connectivity index (χ4v) is 16.2. The quantitative estimate of drug-likeness (QED) is 0.152. The first-order valence-corrected chi connectivity index (χ1v) is 28.5. The highest BCUT2D eigenvalue weighted by Crippen LogP contribution is 2.58. The van der Waals surface area contributed by atoms with Gasteiger partial charge in [-0.2, -0.15) is 0 Å². The molecule has 0 aromatic heterocycles. The summed E-state index contributed by atoms with van der Waals surface area (Å²) < 4.78 is 0. The molecule has 0 unspecified atom stereocenters. The summed E-state index contributed by atoms with van der Waals surface area (Å²) in [6, 6.07) is 87.6. The van der Waals surface area contributed by atoms with Crippen LogP contribution < -0.4 is 31.1 Å². The van der Waals surface area contributed by atoms with Crippen molar-refractivity contribution in [3.63, 3.8) is 0 Å². The average molecular weight is 1030 g/mol. The predicted molar refractivity (Wildman–Crippen MR) is 327 cm³/mol. The van der Waals surface area contributed by atoms with Gasteiger partial charge in [0.25, 0.3) is 0 Å². The second-order valence-corrected chi connectivity index (χ2v) is 23.1. The van der Waals surface area contributed by atoms with Gasteiger partial charge in [0.1, 0.15) is 0 Å². The van der Waals surface area contributed by atoms with E-state index in [0.29, 0.717) is 0 Å². The summed E-state index contributed by atoms with van der Waals surface area (Å²) in [6.07, 6.45) is 0. The molecule has 3 nitrogen and oxygen atoms in total. The van der Waals surface area contributed by atoms with Crippen molar-refractivity contribution in [3.8, 4) is 0 Å². The van der Waals surface area contributed by atoms with Gasteiger partial charge in [-0.25, -0.2) is 0 Å². The van der Waals surface area contributed by atoms with E-state index in [1.807, 2.05) is 35.3 Å². The van der Waals surface area contributed by atoms with Gasteiger partial charge < -0.3 is 14.7 Å². The average Bonchev–Trinajstić information content (AvgIpc) is 3.57. The van der Waals surface area contributed by atoms with Gasteiger partial charge >= 0.3 is 0 Å². The van der Waals surface area contributed by atoms with Gasteiger partial charge in [0.05, 0.1) is 34.1 Å². The van der Waals surface area contributed by atoms with E-state index in [1.165, 1.54) is 129 Å². The molecule has 15 rings (SSSR count). The Morgan fingerprint density at radius 2 is 0.500 bits per heavy atom. The number of rotatable bonds is 6. The van der Waals surface area contributed by atoms with Crippen LogP contribution in [0, 0.1) is 20.8 Å². The minimum absolute atomic E-state index is 0.213. The Morgan fingerprint density at radius 3 is 0.789 bits per heavy atom. The Morgan fingerprint density at radius 1 is 0.263 bits per heavy atom. The predicted octanol–water partition coefficient (Wildman–Crippen LogP) is 18.4. The molecule has 3 aliphatic heterocycles. The summed E-state index contributed by atoms with van der Waals surface area (Å²) in [6.45, 7) is 7.06. The number of fused-ring (bicyclic) bond motifs is 12. The van der Waals surface area contributed by atoms with Crippen LogP contribution in [0.1, 0.15) is 16.7 Å². The maximum absolute atomic E-state index is 2.52. The minimum Gasteiger partial charge on any atom is -0.308 e. The van der Waals surface area contributed by atoms with Crippen molar-refractivity contribution in [1.29, 1.82) is 0 Å². The summed E-state index contributed by atoms with van der Waals surface area (Å²) in [5, 5.41) is 7.52. The van der Waals surface area contributed by atoms with Crippen LogP contribution in [0.2, 0.25) is 0 Å². The molecule has 0 fully saturated rings. The zero-order valence-electron chi connectivity index (χ0n) is 42.2. The van der Waals surface area contributed by atoms with Crippen molar-refractivity contribution in [2.75, 3.05) is 14.7 Å². The Kier molecular flexibility index (Phi) is 10.8. The Bertz CT molecular complexity index is 3890. The van der Waals surface area contributed by atoms with E-state index in [4.69, 9.17) is 0 Å². The summed E-state index contributed by atoms with van der Waals surface area (Å²) >= 11 is 5.77. The largest absolute Gasteiger partial charge is 0.308 e. The molecule has 0 atom stereocenters. The molecule has 76 heavy (non-hydrogen) atoms. The molecule has 0 spiro atoms. The third kappa shape index (κ3) is 6.82. The molecule has 0 N–H and O–H groups in total. The number of hydrogen-bond acceptors (Lipinski definition) is 6. The summed E-state index contributed by atoms with van der Waals surface area (Å²) in [4.78, 5) is 15.2. The second kappa shape index (κ2) is 18.1. The van der Waals surface area contributed by atoms with Crippen LogP contribution in [0.5, 0.6) is 0 Å². The molecule has 0 saturated heterocycles. The first-order chi connectivity index (χ1) is 37.5. The summed E-state index contributed by atoms with van der Waals surface area (Å²) in [5.41, 5.74) is 18.7. The molecule has 0 saturated carbocycles. The standard InChI is InChI=1S/C69H48BN3S3/c1-43-61(49-31-13-16-34-52(49)64-67(43)74-58-40-22-19-37-55(58)71(64)46-25-7-4-8-26-46)70(62-44(2)68-65(53-35-17-14-32-50(53)62)72(47-27-9-5-10-28-47)56-38-20-23-41-59(56)75-68)63-45(3)69-66(54-36-18-15-33-51(54)63)73(48-29-11-6-12-30-48)57-39-21-24-42-60(57)76-69/h4-42H,1-3H3. The number of hydrogen-bond donors (Lipinski definition) is 0. The van der Waals surface area contributed by atoms with Gasteiger partial charge in [-0.1, -0.05) is 215 Å². The lowest BCUT2D eigenvalue weighted by molar-refractivity contribution is 1.16. The zero-order valence-corrected chi connectivity index (χ0v) is 44.6. The van der Waals surface area contributed by atoms with Crippen molar-refractivity contribution in [2.24, 2.45) is 0 Å². The lowest BCUT2D eigenvalue weighted by atomic mass is 9.33. The van der Waals surface area contributed by atoms with Gasteiger partial charge in [0.15, 0.2) is 0 Å². The lowest BCUT2D eigenvalue weighted by Crippen LogP contribution is -2.56. The molecule has 0 amide bonds. The molecule has 7 heteroatoms. The highest BCUT2D eigenvalue weighted by molar-refractivity contribution is 8.00. The maximum Gasteiger partial charge on any atom is 0.244 e. The molecule has 3 heterocycles. The lowest BCUT2D eigenvalue weighted by Gasteiger charge is -2.39. The number of benzene rings is 12. The number of anilines is 9. The van der Waals surface area contributed by atoms with Gasteiger partial charge in [-0.3, -0.25) is 0 Å². The molecule has 360 valence electrons. The second-order valence-electron chi connectivity index (χ2n) is 19.9. The molecule has 3 aliphatic rings. The monoisotopic (exact) mass is 1030 g/mol. The molecule has 12 aromatic carbocycles. The maximum atomic E-state index is 2.52. The van der Waals surface area contributed by atoms with E-state index in [1.54, 1.807) is 0 Å². The molecule has 0 bridgehead atoms. The van der Waals surface area contributed by atoms with Crippen LogP contribution in [0.4, 0.5) is 51.2 Å². The van der Waals surface area contributed by atoms with Crippen molar-refractivity contribution >= 4 is 142 Å². The fourth-order valence-electron chi connectivity index (χ4n) is 12.6. The van der Waals surface area contributed by atoms with E-state index in [0.717, 1.165) is 17.1 Å². The van der Waals surface area contributed by atoms with Crippen molar-refractivity contribution in [1.82, 2.24) is 0 Å². The van der Waals surface area contributed by atoms with Crippen LogP contribution >= 0.6 is 35.3 Å². The Hall–Kier alpha value is -8.07. The van der Waals surface area contributed by atoms with E-state index in [-0.39, 0.29) is 6.71 Å². The van der Waals surface area contributed by atoms with E-state index < -0.39 is 0 Å². The van der Waals surface area contributed by atoms with Crippen molar-refractivity contribution < 1.29 is 0 Å².